The number of carbonyl (C=O) groups excluding carboxylic acids is 1. The van der Waals surface area contributed by atoms with Gasteiger partial charge in [-0.25, -0.2) is 4.79 Å². The molecule has 2 aromatic rings. The van der Waals surface area contributed by atoms with Crippen molar-refractivity contribution in [2.24, 2.45) is 4.99 Å². The van der Waals surface area contributed by atoms with Gasteiger partial charge in [-0.05, 0) is 12.1 Å². The quantitative estimate of drug-likeness (QED) is 0.643. The van der Waals surface area contributed by atoms with Crippen LogP contribution in [-0.2, 0) is 4.79 Å². The monoisotopic (exact) mass is 224 g/mol. The highest BCUT2D eigenvalue weighted by atomic mass is 19.3. The Balaban J connectivity index is 2.44. The predicted octanol–water partition coefficient (Wildman–Crippen LogP) is 2.74. The number of nitrogens with zero attached hydrogens (tertiary/aromatic N) is 1. The van der Waals surface area contributed by atoms with Crippen LogP contribution >= 0.6 is 0 Å². The van der Waals surface area contributed by atoms with Crippen LogP contribution in [0.2, 0.25) is 0 Å². The van der Waals surface area contributed by atoms with Crippen LogP contribution < -0.4 is 4.74 Å². The lowest BCUT2D eigenvalue weighted by Crippen LogP contribution is -2.01. The number of halogens is 2. The van der Waals surface area contributed by atoms with E-state index in [0.29, 0.717) is 16.6 Å². The van der Waals surface area contributed by atoms with Gasteiger partial charge in [0.15, 0.2) is 0 Å². The van der Waals surface area contributed by atoms with E-state index in [-0.39, 0.29) is 5.75 Å². The number of benzene rings is 1. The second-order valence-corrected chi connectivity index (χ2v) is 2.96. The van der Waals surface area contributed by atoms with E-state index in [9.17, 15) is 13.6 Å². The average molecular weight is 224 g/mol. The first-order valence-corrected chi connectivity index (χ1v) is 4.34. The number of rotatable bonds is 3. The lowest BCUT2D eigenvalue weighted by Gasteiger charge is -2.03. The third-order valence-electron chi connectivity index (χ3n) is 2.02. The Morgan fingerprint density at radius 1 is 1.44 bits per heavy atom. The number of nitrogens with one attached hydrogen (secondary N) is 1. The summed E-state index contributed by atoms with van der Waals surface area (Å²) in [6.07, 6.45) is 2.90. The summed E-state index contributed by atoms with van der Waals surface area (Å²) in [4.78, 5) is 16.3. The van der Waals surface area contributed by atoms with Crippen molar-refractivity contribution in [2.45, 2.75) is 6.61 Å². The number of ether oxygens (including phenoxy) is 1. The second kappa shape index (κ2) is 4.12. The van der Waals surface area contributed by atoms with E-state index < -0.39 is 6.61 Å². The summed E-state index contributed by atoms with van der Waals surface area (Å²) in [6, 6.07) is 4.33. The van der Waals surface area contributed by atoms with Crippen LogP contribution in [0.5, 0.6) is 5.75 Å². The van der Waals surface area contributed by atoms with Crippen LogP contribution in [0, 0.1) is 0 Å². The number of alkyl halides is 2. The van der Waals surface area contributed by atoms with Gasteiger partial charge in [0.05, 0.1) is 5.52 Å². The molecule has 82 valence electrons. The molecule has 0 amide bonds. The number of fused-ring (bicyclic) bond motifs is 1. The Morgan fingerprint density at radius 3 is 2.94 bits per heavy atom. The maximum Gasteiger partial charge on any atom is 0.387 e. The average Bonchev–Trinajstić information content (AvgIpc) is 2.61. The zero-order valence-electron chi connectivity index (χ0n) is 7.91. The van der Waals surface area contributed by atoms with Crippen molar-refractivity contribution in [1.82, 2.24) is 4.98 Å². The first kappa shape index (κ1) is 10.3. The predicted molar refractivity (Wildman–Crippen MR) is 52.7 cm³/mol. The maximum absolute atomic E-state index is 11.9. The fourth-order valence-corrected chi connectivity index (χ4v) is 1.41. The van der Waals surface area contributed by atoms with E-state index >= 15 is 0 Å². The SMILES string of the molecule is O=C=Nc1c[nH]c2cc(OC(F)F)ccc12. The van der Waals surface area contributed by atoms with Gasteiger partial charge in [0.1, 0.15) is 11.4 Å². The molecule has 0 atom stereocenters. The summed E-state index contributed by atoms with van der Waals surface area (Å²) >= 11 is 0. The highest BCUT2D eigenvalue weighted by molar-refractivity contribution is 5.92. The highest BCUT2D eigenvalue weighted by Gasteiger charge is 2.07. The molecule has 6 heteroatoms. The van der Waals surface area contributed by atoms with Crippen molar-refractivity contribution in [1.29, 1.82) is 0 Å². The Labute approximate surface area is 88.6 Å². The minimum Gasteiger partial charge on any atom is -0.435 e. The standard InChI is InChI=1S/C10H6F2N2O2/c11-10(12)16-6-1-2-7-8(3-6)13-4-9(7)14-5-15/h1-4,10,13H. The lowest BCUT2D eigenvalue weighted by atomic mass is 10.2. The number of aromatic nitrogens is 1. The zero-order chi connectivity index (χ0) is 11.5. The van der Waals surface area contributed by atoms with Gasteiger partial charge in [-0.2, -0.15) is 13.8 Å². The highest BCUT2D eigenvalue weighted by Crippen LogP contribution is 2.28. The van der Waals surface area contributed by atoms with Gasteiger partial charge in [0.2, 0.25) is 6.08 Å². The van der Waals surface area contributed by atoms with Crippen LogP contribution in [0.25, 0.3) is 10.9 Å². The second-order valence-electron chi connectivity index (χ2n) is 2.96. The van der Waals surface area contributed by atoms with Crippen LogP contribution in [0.4, 0.5) is 14.5 Å². The molecular weight excluding hydrogens is 218 g/mol. The van der Waals surface area contributed by atoms with E-state index in [1.54, 1.807) is 6.07 Å². The maximum atomic E-state index is 11.9. The molecule has 0 aliphatic carbocycles. The van der Waals surface area contributed by atoms with Crippen LogP contribution in [0.15, 0.2) is 29.4 Å². The van der Waals surface area contributed by atoms with Crippen molar-refractivity contribution in [3.63, 3.8) is 0 Å². The molecule has 1 N–H and O–H groups in total. The molecule has 0 bridgehead atoms. The van der Waals surface area contributed by atoms with Gasteiger partial charge in [0.25, 0.3) is 0 Å². The summed E-state index contributed by atoms with van der Waals surface area (Å²) in [5.74, 6) is 0.0472. The van der Waals surface area contributed by atoms with Crippen molar-refractivity contribution in [3.8, 4) is 5.75 Å². The van der Waals surface area contributed by atoms with Gasteiger partial charge in [-0.3, -0.25) is 0 Å². The molecule has 16 heavy (non-hydrogen) atoms. The fraction of sp³-hybridized carbons (Fsp3) is 0.100. The molecule has 1 aromatic heterocycles. The van der Waals surface area contributed by atoms with Crippen LogP contribution in [0.1, 0.15) is 0 Å². The Bertz CT molecular complexity index is 559. The lowest BCUT2D eigenvalue weighted by molar-refractivity contribution is -0.0497. The van der Waals surface area contributed by atoms with Crippen molar-refractivity contribution >= 4 is 22.7 Å². The number of isocyanates is 1. The molecule has 0 aliphatic rings. The van der Waals surface area contributed by atoms with E-state index in [4.69, 9.17) is 0 Å². The van der Waals surface area contributed by atoms with E-state index in [0.717, 1.165) is 0 Å². The normalized spacial score (nSPS) is 10.4. The van der Waals surface area contributed by atoms with Gasteiger partial charge in [0, 0.05) is 17.6 Å². The summed E-state index contributed by atoms with van der Waals surface area (Å²) in [6.45, 7) is -2.86. The molecule has 1 aromatic carbocycles. The van der Waals surface area contributed by atoms with Gasteiger partial charge in [-0.1, -0.05) is 0 Å². The third kappa shape index (κ3) is 1.92. The summed E-state index contributed by atoms with van der Waals surface area (Å²) in [7, 11) is 0. The van der Waals surface area contributed by atoms with Crippen molar-refractivity contribution in [3.05, 3.63) is 24.4 Å². The van der Waals surface area contributed by atoms with E-state index in [1.165, 1.54) is 24.4 Å². The molecule has 0 unspecified atom stereocenters. The fourth-order valence-electron chi connectivity index (χ4n) is 1.41. The zero-order valence-corrected chi connectivity index (χ0v) is 7.91. The van der Waals surface area contributed by atoms with Crippen molar-refractivity contribution in [2.75, 3.05) is 0 Å². The smallest absolute Gasteiger partial charge is 0.387 e. The number of hydrogen-bond acceptors (Lipinski definition) is 3. The van der Waals surface area contributed by atoms with Crippen molar-refractivity contribution < 1.29 is 18.3 Å². The summed E-state index contributed by atoms with van der Waals surface area (Å²) in [5.41, 5.74) is 0.973. The summed E-state index contributed by atoms with van der Waals surface area (Å²) in [5, 5.41) is 0.643. The van der Waals surface area contributed by atoms with Gasteiger partial charge >= 0.3 is 6.61 Å². The first-order valence-electron chi connectivity index (χ1n) is 4.34. The molecule has 0 aliphatic heterocycles. The molecule has 2 rings (SSSR count). The third-order valence-corrected chi connectivity index (χ3v) is 2.02. The number of aromatic amines is 1. The Kier molecular flexibility index (Phi) is 2.66. The topological polar surface area (TPSA) is 54.5 Å². The first-order chi connectivity index (χ1) is 7.70. The molecule has 0 saturated carbocycles. The molecule has 0 radical (unpaired) electrons. The van der Waals surface area contributed by atoms with Gasteiger partial charge < -0.3 is 9.72 Å². The largest absolute Gasteiger partial charge is 0.435 e. The molecule has 0 spiro atoms. The molecular formula is C10H6F2N2O2. The number of aliphatic imine (C=N–C) groups is 1. The summed E-state index contributed by atoms with van der Waals surface area (Å²) < 4.78 is 28.1. The van der Waals surface area contributed by atoms with Gasteiger partial charge in [-0.15, -0.1) is 0 Å². The molecule has 4 nitrogen and oxygen atoms in total. The van der Waals surface area contributed by atoms with Crippen LogP contribution in [0.3, 0.4) is 0 Å². The Hall–Kier alpha value is -2.20. The minimum atomic E-state index is -2.86. The molecule has 0 saturated heterocycles. The molecule has 0 fully saturated rings. The van der Waals surface area contributed by atoms with E-state index in [2.05, 4.69) is 14.7 Å². The van der Waals surface area contributed by atoms with E-state index in [1.807, 2.05) is 0 Å². The van der Waals surface area contributed by atoms with Crippen LogP contribution in [-0.4, -0.2) is 17.7 Å². The molecule has 1 heterocycles. The minimum absolute atomic E-state index is 0.0472. The number of H-pyrrole nitrogens is 1. The Morgan fingerprint density at radius 2 is 2.25 bits per heavy atom. The number of hydrogen-bond donors (Lipinski definition) is 1.